The molecule has 2 N–H and O–H groups in total. The van der Waals surface area contributed by atoms with Crippen molar-refractivity contribution in [2.75, 3.05) is 0 Å². The molecule has 2 aliphatic carbocycles. The minimum atomic E-state index is -0.148. The molecule has 0 radical (unpaired) electrons. The van der Waals surface area contributed by atoms with E-state index in [9.17, 15) is 4.79 Å². The van der Waals surface area contributed by atoms with Gasteiger partial charge in [-0.15, -0.1) is 5.10 Å². The first-order chi connectivity index (χ1) is 10.3. The summed E-state index contributed by atoms with van der Waals surface area (Å²) in [6.45, 7) is 0.810. The highest BCUT2D eigenvalue weighted by atomic mass is 32.2. The van der Waals surface area contributed by atoms with Crippen molar-refractivity contribution in [1.29, 1.82) is 0 Å². The third-order valence-corrected chi connectivity index (χ3v) is 4.48. The summed E-state index contributed by atoms with van der Waals surface area (Å²) in [6, 6.07) is 0.969. The normalized spacial score (nSPS) is 18.1. The molecule has 8 heteroatoms. The van der Waals surface area contributed by atoms with Gasteiger partial charge < -0.3 is 5.32 Å². The molecule has 2 aliphatic rings. The van der Waals surface area contributed by atoms with Crippen LogP contribution in [-0.2, 0) is 6.54 Å². The van der Waals surface area contributed by atoms with Crippen molar-refractivity contribution in [3.8, 4) is 0 Å². The molecule has 0 aliphatic heterocycles. The Bertz CT molecular complexity index is 685. The van der Waals surface area contributed by atoms with E-state index in [-0.39, 0.29) is 5.69 Å². The van der Waals surface area contributed by atoms with E-state index in [2.05, 4.69) is 25.5 Å². The standard InChI is InChI=1S/C13H16N6OS/c20-12-17-18-13(19(12)10-3-4-10)21-11-15-6-8(7-16-11)5-14-9-1-2-9/h6-7,9-10,14H,1-5H2,(H,17,20). The summed E-state index contributed by atoms with van der Waals surface area (Å²) in [5.41, 5.74) is 0.929. The van der Waals surface area contributed by atoms with Gasteiger partial charge in [-0.25, -0.2) is 19.9 Å². The first-order valence-corrected chi connectivity index (χ1v) is 8.00. The van der Waals surface area contributed by atoms with Gasteiger partial charge in [-0.2, -0.15) is 0 Å². The van der Waals surface area contributed by atoms with Crippen LogP contribution in [0.15, 0.2) is 27.5 Å². The molecule has 2 fully saturated rings. The van der Waals surface area contributed by atoms with Crippen molar-refractivity contribution >= 4 is 11.8 Å². The summed E-state index contributed by atoms with van der Waals surface area (Å²) in [6.07, 6.45) is 8.28. The Hall–Kier alpha value is -1.67. The lowest BCUT2D eigenvalue weighted by Gasteiger charge is -2.04. The first kappa shape index (κ1) is 13.0. The molecule has 0 amide bonds. The molecule has 0 aromatic carbocycles. The van der Waals surface area contributed by atoms with Gasteiger partial charge in [0.1, 0.15) is 0 Å². The van der Waals surface area contributed by atoms with E-state index in [1.807, 2.05) is 12.4 Å². The molecule has 0 unspecified atom stereocenters. The monoisotopic (exact) mass is 304 g/mol. The van der Waals surface area contributed by atoms with Crippen molar-refractivity contribution in [2.45, 2.75) is 54.6 Å². The Morgan fingerprint density at radius 2 is 2.05 bits per heavy atom. The summed E-state index contributed by atoms with van der Waals surface area (Å²) in [5.74, 6) is 0. The van der Waals surface area contributed by atoms with Gasteiger partial charge in [-0.05, 0) is 37.4 Å². The number of H-pyrrole nitrogens is 1. The molecular weight excluding hydrogens is 288 g/mol. The molecule has 4 rings (SSSR count). The highest BCUT2D eigenvalue weighted by Gasteiger charge is 2.29. The van der Waals surface area contributed by atoms with E-state index >= 15 is 0 Å². The molecule has 110 valence electrons. The number of hydrogen-bond acceptors (Lipinski definition) is 6. The molecular formula is C13H16N6OS. The van der Waals surface area contributed by atoms with Crippen LogP contribution in [0.5, 0.6) is 0 Å². The number of nitrogens with one attached hydrogen (secondary N) is 2. The number of rotatable bonds is 6. The van der Waals surface area contributed by atoms with Crippen LogP contribution in [0.25, 0.3) is 0 Å². The van der Waals surface area contributed by atoms with Crippen molar-refractivity contribution in [3.63, 3.8) is 0 Å². The van der Waals surface area contributed by atoms with Gasteiger partial charge in [0, 0.05) is 36.6 Å². The molecule has 2 heterocycles. The highest BCUT2D eigenvalue weighted by molar-refractivity contribution is 7.99. The molecule has 0 atom stereocenters. The maximum Gasteiger partial charge on any atom is 0.344 e. The summed E-state index contributed by atoms with van der Waals surface area (Å²) in [5, 5.41) is 11.2. The SMILES string of the molecule is O=c1[nH]nc(Sc2ncc(CNC3CC3)cn2)n1C1CC1. The van der Waals surface area contributed by atoms with Crippen molar-refractivity contribution in [2.24, 2.45) is 0 Å². The lowest BCUT2D eigenvalue weighted by atomic mass is 10.3. The summed E-state index contributed by atoms with van der Waals surface area (Å²) in [4.78, 5) is 20.4. The minimum absolute atomic E-state index is 0.148. The third kappa shape index (κ3) is 3.01. The van der Waals surface area contributed by atoms with Crippen LogP contribution in [0.1, 0.15) is 37.3 Å². The van der Waals surface area contributed by atoms with Gasteiger partial charge in [0.2, 0.25) is 0 Å². The molecule has 0 bridgehead atoms. The largest absolute Gasteiger partial charge is 0.344 e. The second kappa shape index (κ2) is 5.27. The number of aromatic nitrogens is 5. The Balaban J connectivity index is 1.45. The van der Waals surface area contributed by atoms with Crippen LogP contribution in [0.2, 0.25) is 0 Å². The number of hydrogen-bond donors (Lipinski definition) is 2. The zero-order valence-corrected chi connectivity index (χ0v) is 12.3. The molecule has 0 spiro atoms. The lowest BCUT2D eigenvalue weighted by Crippen LogP contribution is -2.16. The van der Waals surface area contributed by atoms with Gasteiger partial charge in [0.25, 0.3) is 0 Å². The second-order valence-corrected chi connectivity index (χ2v) is 6.48. The third-order valence-electron chi connectivity index (χ3n) is 3.62. The van der Waals surface area contributed by atoms with Crippen molar-refractivity contribution in [1.82, 2.24) is 30.0 Å². The average molecular weight is 304 g/mol. The fraction of sp³-hybridized carbons (Fsp3) is 0.538. The number of aromatic amines is 1. The molecule has 7 nitrogen and oxygen atoms in total. The number of nitrogens with zero attached hydrogens (tertiary/aromatic N) is 4. The predicted octanol–water partition coefficient (Wildman–Crippen LogP) is 1.10. The predicted molar refractivity (Wildman–Crippen MR) is 77.1 cm³/mol. The molecule has 2 aromatic heterocycles. The van der Waals surface area contributed by atoms with Crippen LogP contribution >= 0.6 is 11.8 Å². The maximum absolute atomic E-state index is 11.7. The van der Waals surface area contributed by atoms with Gasteiger partial charge in [-0.3, -0.25) is 4.57 Å². The topological polar surface area (TPSA) is 88.5 Å². The van der Waals surface area contributed by atoms with E-state index in [4.69, 9.17) is 0 Å². The average Bonchev–Trinajstić information content (AvgIpc) is 3.40. The maximum atomic E-state index is 11.7. The minimum Gasteiger partial charge on any atom is -0.310 e. The Labute approximate surface area is 125 Å². The molecule has 0 saturated heterocycles. The van der Waals surface area contributed by atoms with Gasteiger partial charge >= 0.3 is 5.69 Å². The summed E-state index contributed by atoms with van der Waals surface area (Å²) < 4.78 is 1.70. The Kier molecular flexibility index (Phi) is 3.27. The smallest absolute Gasteiger partial charge is 0.310 e. The van der Waals surface area contributed by atoms with E-state index in [1.54, 1.807) is 4.57 Å². The summed E-state index contributed by atoms with van der Waals surface area (Å²) >= 11 is 1.33. The molecule has 21 heavy (non-hydrogen) atoms. The van der Waals surface area contributed by atoms with Crippen LogP contribution in [0.3, 0.4) is 0 Å². The second-order valence-electron chi connectivity index (χ2n) is 5.54. The van der Waals surface area contributed by atoms with Crippen molar-refractivity contribution < 1.29 is 0 Å². The fourth-order valence-corrected chi connectivity index (χ4v) is 2.93. The quantitative estimate of drug-likeness (QED) is 0.777. The van der Waals surface area contributed by atoms with E-state index in [0.717, 1.165) is 24.9 Å². The van der Waals surface area contributed by atoms with Crippen LogP contribution in [-0.4, -0.2) is 30.8 Å². The van der Waals surface area contributed by atoms with Crippen LogP contribution in [0, 0.1) is 0 Å². The van der Waals surface area contributed by atoms with Gasteiger partial charge in [0.05, 0.1) is 0 Å². The molecule has 2 aromatic rings. The van der Waals surface area contributed by atoms with E-state index < -0.39 is 0 Å². The van der Waals surface area contributed by atoms with E-state index in [1.165, 1.54) is 24.6 Å². The zero-order chi connectivity index (χ0) is 14.2. The lowest BCUT2D eigenvalue weighted by molar-refractivity contribution is 0.641. The van der Waals surface area contributed by atoms with Crippen molar-refractivity contribution in [3.05, 3.63) is 28.4 Å². The van der Waals surface area contributed by atoms with Gasteiger partial charge in [-0.1, -0.05) is 0 Å². The summed E-state index contributed by atoms with van der Waals surface area (Å²) in [7, 11) is 0. The zero-order valence-electron chi connectivity index (χ0n) is 11.5. The Morgan fingerprint density at radius 3 is 2.71 bits per heavy atom. The van der Waals surface area contributed by atoms with E-state index in [0.29, 0.717) is 22.4 Å². The molecule has 2 saturated carbocycles. The van der Waals surface area contributed by atoms with Crippen LogP contribution < -0.4 is 11.0 Å². The van der Waals surface area contributed by atoms with Gasteiger partial charge in [0.15, 0.2) is 10.3 Å². The fourth-order valence-electron chi connectivity index (χ4n) is 2.14. The Morgan fingerprint density at radius 1 is 1.29 bits per heavy atom. The first-order valence-electron chi connectivity index (χ1n) is 7.18. The van der Waals surface area contributed by atoms with Crippen LogP contribution in [0.4, 0.5) is 0 Å². The highest BCUT2D eigenvalue weighted by Crippen LogP contribution is 2.36.